The average Bonchev–Trinajstić information content (AvgIpc) is 3.07. The number of unbranched alkanes of at least 4 members (excludes halogenated alkanes) is 3. The van der Waals surface area contributed by atoms with Crippen molar-refractivity contribution in [1.29, 1.82) is 0 Å². The van der Waals surface area contributed by atoms with Gasteiger partial charge in [-0.2, -0.15) is 0 Å². The lowest BCUT2D eigenvalue weighted by Gasteiger charge is -2.27. The van der Waals surface area contributed by atoms with Gasteiger partial charge in [-0.15, -0.1) is 12.4 Å². The summed E-state index contributed by atoms with van der Waals surface area (Å²) in [6.07, 6.45) is 6.64. The lowest BCUT2D eigenvalue weighted by Crippen LogP contribution is -2.54. The van der Waals surface area contributed by atoms with Gasteiger partial charge in [-0.05, 0) is 63.7 Å². The van der Waals surface area contributed by atoms with Crippen LogP contribution in [0, 0.1) is 0 Å². The summed E-state index contributed by atoms with van der Waals surface area (Å²) in [4.78, 5) is 50.5. The van der Waals surface area contributed by atoms with E-state index in [9.17, 15) is 19.2 Å². The van der Waals surface area contributed by atoms with Gasteiger partial charge in [0.25, 0.3) is 11.8 Å². The Hall–Kier alpha value is -2.49. The maximum atomic E-state index is 13.0. The van der Waals surface area contributed by atoms with Gasteiger partial charge in [0.2, 0.25) is 11.8 Å². The van der Waals surface area contributed by atoms with Crippen molar-refractivity contribution >= 4 is 36.0 Å². The molecule has 0 radical (unpaired) electrons. The Balaban J connectivity index is 0.00000324. The smallest absolute Gasteiger partial charge is 0.266 e. The van der Waals surface area contributed by atoms with Crippen LogP contribution in [0.2, 0.25) is 0 Å². The molecule has 4 amide bonds. The van der Waals surface area contributed by atoms with Gasteiger partial charge in [-0.3, -0.25) is 29.4 Å². The van der Waals surface area contributed by atoms with Crippen LogP contribution in [-0.4, -0.2) is 67.0 Å². The minimum Gasteiger partial charge on any atom is -0.493 e. The summed E-state index contributed by atoms with van der Waals surface area (Å²) in [5, 5.41) is 5.53. The van der Waals surface area contributed by atoms with Crippen molar-refractivity contribution in [2.75, 3.05) is 26.3 Å². The molecule has 0 saturated carbocycles. The summed E-state index contributed by atoms with van der Waals surface area (Å²) < 4.78 is 11.8. The van der Waals surface area contributed by atoms with Crippen LogP contribution >= 0.6 is 12.4 Å². The lowest BCUT2D eigenvalue weighted by molar-refractivity contribution is -0.136. The summed E-state index contributed by atoms with van der Waals surface area (Å²) in [6, 6.07) is 3.93. The second-order valence-electron chi connectivity index (χ2n) is 8.71. The van der Waals surface area contributed by atoms with E-state index in [1.165, 1.54) is 0 Å². The fourth-order valence-electron chi connectivity index (χ4n) is 4.56. The number of ether oxygens (including phenoxy) is 2. The van der Waals surface area contributed by atoms with Crippen molar-refractivity contribution in [3.63, 3.8) is 0 Å². The van der Waals surface area contributed by atoms with E-state index < -0.39 is 29.7 Å². The van der Waals surface area contributed by atoms with E-state index in [0.717, 1.165) is 63.1 Å². The lowest BCUT2D eigenvalue weighted by atomic mass is 10.0. The largest absolute Gasteiger partial charge is 0.493 e. The predicted molar refractivity (Wildman–Crippen MR) is 126 cm³/mol. The van der Waals surface area contributed by atoms with E-state index >= 15 is 0 Å². The Labute approximate surface area is 205 Å². The Morgan fingerprint density at radius 2 is 1.65 bits per heavy atom. The molecule has 3 heterocycles. The van der Waals surface area contributed by atoms with E-state index in [1.54, 1.807) is 18.2 Å². The molecule has 2 saturated heterocycles. The van der Waals surface area contributed by atoms with Gasteiger partial charge in [0, 0.05) is 13.0 Å². The number of halogens is 1. The maximum absolute atomic E-state index is 13.0. The molecule has 4 rings (SSSR count). The predicted octanol–water partition coefficient (Wildman–Crippen LogP) is 2.22. The summed E-state index contributed by atoms with van der Waals surface area (Å²) in [5.41, 5.74) is 0.430. The fourth-order valence-corrected chi connectivity index (χ4v) is 4.56. The first-order valence-electron chi connectivity index (χ1n) is 11.9. The van der Waals surface area contributed by atoms with Crippen LogP contribution < -0.4 is 15.4 Å². The number of nitrogens with one attached hydrogen (secondary N) is 2. The van der Waals surface area contributed by atoms with E-state index in [2.05, 4.69) is 10.6 Å². The number of carbonyl (C=O) groups is 4. The molecule has 0 spiro atoms. The number of piperidine rings is 2. The Morgan fingerprint density at radius 3 is 2.38 bits per heavy atom. The van der Waals surface area contributed by atoms with Gasteiger partial charge in [-0.25, -0.2) is 0 Å². The highest BCUT2D eigenvalue weighted by Gasteiger charge is 2.45. The SMILES string of the molecule is Cl.O=C1CCC(N2C(=O)c3cccc(OCCCCCCOC4CCNCC4)c3C2=O)C(=O)N1. The average molecular weight is 494 g/mol. The summed E-state index contributed by atoms with van der Waals surface area (Å²) in [6.45, 7) is 3.28. The first kappa shape index (κ1) is 26.1. The zero-order valence-corrected chi connectivity index (χ0v) is 20.0. The molecule has 3 aliphatic rings. The third-order valence-corrected chi connectivity index (χ3v) is 6.37. The molecule has 1 aromatic carbocycles. The highest BCUT2D eigenvalue weighted by atomic mass is 35.5. The first-order chi connectivity index (χ1) is 16.1. The Kier molecular flexibility index (Phi) is 9.44. The molecule has 0 aromatic heterocycles. The topological polar surface area (TPSA) is 114 Å². The summed E-state index contributed by atoms with van der Waals surface area (Å²) in [5.74, 6) is -1.73. The zero-order valence-electron chi connectivity index (χ0n) is 19.2. The number of hydrogen-bond donors (Lipinski definition) is 2. The van der Waals surface area contributed by atoms with Crippen LogP contribution in [0.1, 0.15) is 72.1 Å². The molecule has 2 fully saturated rings. The molecule has 10 heteroatoms. The van der Waals surface area contributed by atoms with Gasteiger partial charge in [-0.1, -0.05) is 12.5 Å². The van der Waals surface area contributed by atoms with Gasteiger partial charge in [0.15, 0.2) is 0 Å². The van der Waals surface area contributed by atoms with Crippen LogP contribution in [0.3, 0.4) is 0 Å². The van der Waals surface area contributed by atoms with E-state index in [4.69, 9.17) is 9.47 Å². The number of rotatable bonds is 10. The second kappa shape index (κ2) is 12.3. The molecular formula is C24H32ClN3O6. The summed E-state index contributed by atoms with van der Waals surface area (Å²) >= 11 is 0. The van der Waals surface area contributed by atoms with Crippen molar-refractivity contribution < 1.29 is 28.7 Å². The van der Waals surface area contributed by atoms with E-state index in [1.807, 2.05) is 0 Å². The minimum absolute atomic E-state index is 0. The molecule has 0 bridgehead atoms. The third kappa shape index (κ3) is 5.95. The molecule has 1 unspecified atom stereocenters. The van der Waals surface area contributed by atoms with Gasteiger partial charge in [0.1, 0.15) is 11.8 Å². The molecule has 34 heavy (non-hydrogen) atoms. The number of imide groups is 2. The maximum Gasteiger partial charge on any atom is 0.266 e. The molecule has 3 aliphatic heterocycles. The number of hydrogen-bond acceptors (Lipinski definition) is 7. The molecule has 9 nitrogen and oxygen atoms in total. The normalized spacial score (nSPS) is 20.7. The molecule has 186 valence electrons. The van der Waals surface area contributed by atoms with Gasteiger partial charge in [0.05, 0.1) is 23.8 Å². The molecule has 2 N–H and O–H groups in total. The van der Waals surface area contributed by atoms with Crippen LogP contribution in [0.15, 0.2) is 18.2 Å². The fraction of sp³-hybridized carbons (Fsp3) is 0.583. The number of nitrogens with zero attached hydrogens (tertiary/aromatic N) is 1. The molecule has 1 aromatic rings. The van der Waals surface area contributed by atoms with Gasteiger partial charge >= 0.3 is 0 Å². The minimum atomic E-state index is -0.977. The van der Waals surface area contributed by atoms with E-state index in [-0.39, 0.29) is 36.4 Å². The Morgan fingerprint density at radius 1 is 0.912 bits per heavy atom. The number of amides is 4. The van der Waals surface area contributed by atoms with Crippen molar-refractivity contribution in [3.05, 3.63) is 29.3 Å². The number of benzene rings is 1. The third-order valence-electron chi connectivity index (χ3n) is 6.37. The van der Waals surface area contributed by atoms with Crippen LogP contribution in [0.4, 0.5) is 0 Å². The zero-order chi connectivity index (χ0) is 23.2. The molecular weight excluding hydrogens is 462 g/mol. The van der Waals surface area contributed by atoms with Crippen LogP contribution in [0.5, 0.6) is 5.75 Å². The number of carbonyl (C=O) groups excluding carboxylic acids is 4. The second-order valence-corrected chi connectivity index (χ2v) is 8.71. The first-order valence-corrected chi connectivity index (χ1v) is 11.9. The highest BCUT2D eigenvalue weighted by molar-refractivity contribution is 6.24. The van der Waals surface area contributed by atoms with Crippen molar-refractivity contribution in [3.8, 4) is 5.75 Å². The molecule has 0 aliphatic carbocycles. The van der Waals surface area contributed by atoms with Crippen molar-refractivity contribution in [2.45, 2.75) is 63.5 Å². The van der Waals surface area contributed by atoms with Crippen LogP contribution in [-0.2, 0) is 14.3 Å². The quantitative estimate of drug-likeness (QED) is 0.379. The van der Waals surface area contributed by atoms with Crippen LogP contribution in [0.25, 0.3) is 0 Å². The van der Waals surface area contributed by atoms with Crippen molar-refractivity contribution in [1.82, 2.24) is 15.5 Å². The van der Waals surface area contributed by atoms with Gasteiger partial charge < -0.3 is 14.8 Å². The standard InChI is InChI=1S/C24H31N3O6.ClH/c28-20-9-8-18(22(29)26-20)27-23(30)17-6-5-7-19(21(17)24(27)31)33-15-4-2-1-3-14-32-16-10-12-25-13-11-16;/h5-7,16,18,25H,1-4,8-15H2,(H,26,28,29);1H. The van der Waals surface area contributed by atoms with E-state index in [0.29, 0.717) is 18.5 Å². The molecule has 1 atom stereocenters. The highest BCUT2D eigenvalue weighted by Crippen LogP contribution is 2.33. The van der Waals surface area contributed by atoms with Crippen molar-refractivity contribution in [2.24, 2.45) is 0 Å². The Bertz CT molecular complexity index is 918. The number of fused-ring (bicyclic) bond motifs is 1. The summed E-state index contributed by atoms with van der Waals surface area (Å²) in [7, 11) is 0. The monoisotopic (exact) mass is 493 g/mol.